The van der Waals surface area contributed by atoms with Crippen molar-refractivity contribution in [3.8, 4) is 5.75 Å². The number of methoxy groups -OCH3 is 2. The van der Waals surface area contributed by atoms with Gasteiger partial charge in [-0.05, 0) is 36.8 Å². The smallest absolute Gasteiger partial charge is 0.246 e. The van der Waals surface area contributed by atoms with Gasteiger partial charge >= 0.3 is 0 Å². The molecule has 0 aliphatic rings. The van der Waals surface area contributed by atoms with Crippen molar-refractivity contribution in [1.82, 2.24) is 14.5 Å². The molecule has 2 rings (SSSR count). The molecule has 0 spiro atoms. The first-order chi connectivity index (χ1) is 13.4. The average Bonchev–Trinajstić information content (AvgIpc) is 3.24. The molecule has 0 fully saturated rings. The molecule has 0 bridgehead atoms. The maximum absolute atomic E-state index is 13.1. The molecular formula is C20H25N3O4S. The zero-order valence-corrected chi connectivity index (χ0v) is 17.1. The quantitative estimate of drug-likeness (QED) is 0.486. The van der Waals surface area contributed by atoms with Crippen LogP contribution in [0.1, 0.15) is 12.5 Å². The van der Waals surface area contributed by atoms with Gasteiger partial charge < -0.3 is 9.47 Å². The Morgan fingerprint density at radius 3 is 2.50 bits per heavy atom. The lowest BCUT2D eigenvalue weighted by atomic mass is 10.2. The van der Waals surface area contributed by atoms with E-state index in [1.54, 1.807) is 38.5 Å². The summed E-state index contributed by atoms with van der Waals surface area (Å²) in [5.74, 6) is 1.31. The third-order valence-corrected chi connectivity index (χ3v) is 5.78. The highest BCUT2D eigenvalue weighted by molar-refractivity contribution is 7.89. The molecule has 8 heteroatoms. The molecule has 28 heavy (non-hydrogen) atoms. The number of aromatic amines is 1. The van der Waals surface area contributed by atoms with Crippen LogP contribution in [0, 0.1) is 0 Å². The van der Waals surface area contributed by atoms with Gasteiger partial charge in [0.2, 0.25) is 10.0 Å². The third-order valence-electron chi connectivity index (χ3n) is 4.02. The van der Waals surface area contributed by atoms with Crippen LogP contribution in [-0.2, 0) is 21.3 Å². The summed E-state index contributed by atoms with van der Waals surface area (Å²) in [6, 6.07) is 7.30. The Morgan fingerprint density at radius 2 is 1.96 bits per heavy atom. The standard InChI is InChI=1S/C20H25N3O4S/c1-5-18(26-3)9-6-16(2)14-23(28(24,25)20-12-21-22-13-20)15-17-7-10-19(27-4)11-8-17/h5-13H,1,14-15H2,2-4H3,(H,21,22)/b16-6+,18-9+. The monoisotopic (exact) mass is 403 g/mol. The lowest BCUT2D eigenvalue weighted by Gasteiger charge is -2.22. The molecule has 0 aliphatic carbocycles. The molecule has 0 amide bonds. The molecule has 1 heterocycles. The van der Waals surface area contributed by atoms with Gasteiger partial charge in [0.25, 0.3) is 0 Å². The number of aromatic nitrogens is 2. The highest BCUT2D eigenvalue weighted by atomic mass is 32.2. The molecule has 1 aromatic carbocycles. The van der Waals surface area contributed by atoms with Crippen LogP contribution in [0.3, 0.4) is 0 Å². The predicted molar refractivity (Wildman–Crippen MR) is 108 cm³/mol. The van der Waals surface area contributed by atoms with Crippen LogP contribution in [-0.4, -0.2) is 43.7 Å². The Bertz CT molecular complexity index is 930. The lowest BCUT2D eigenvalue weighted by molar-refractivity contribution is 0.307. The molecule has 1 N–H and O–H groups in total. The van der Waals surface area contributed by atoms with E-state index in [1.807, 2.05) is 25.1 Å². The second-order valence-corrected chi connectivity index (χ2v) is 7.98. The number of hydrogen-bond acceptors (Lipinski definition) is 5. The normalized spacial score (nSPS) is 12.9. The number of ether oxygens (including phenoxy) is 2. The largest absolute Gasteiger partial charge is 0.497 e. The number of H-pyrrole nitrogens is 1. The third kappa shape index (κ3) is 5.58. The van der Waals surface area contributed by atoms with E-state index in [0.29, 0.717) is 11.5 Å². The molecule has 150 valence electrons. The van der Waals surface area contributed by atoms with Crippen LogP contribution in [0.4, 0.5) is 0 Å². The Labute approximate surface area is 166 Å². The van der Waals surface area contributed by atoms with Crippen molar-refractivity contribution in [2.75, 3.05) is 20.8 Å². The molecule has 0 radical (unpaired) electrons. The van der Waals surface area contributed by atoms with Crippen LogP contribution >= 0.6 is 0 Å². The van der Waals surface area contributed by atoms with Crippen molar-refractivity contribution in [1.29, 1.82) is 0 Å². The Kier molecular flexibility index (Phi) is 7.60. The second-order valence-electron chi connectivity index (χ2n) is 6.05. The van der Waals surface area contributed by atoms with Gasteiger partial charge in [0.15, 0.2) is 0 Å². The molecule has 1 aromatic heterocycles. The number of nitrogens with one attached hydrogen (secondary N) is 1. The topological polar surface area (TPSA) is 84.5 Å². The summed E-state index contributed by atoms with van der Waals surface area (Å²) < 4.78 is 37.8. The summed E-state index contributed by atoms with van der Waals surface area (Å²) in [6.07, 6.45) is 7.82. The van der Waals surface area contributed by atoms with Gasteiger partial charge in [0.05, 0.1) is 20.4 Å². The van der Waals surface area contributed by atoms with Gasteiger partial charge in [0.1, 0.15) is 16.4 Å². The summed E-state index contributed by atoms with van der Waals surface area (Å²) in [7, 11) is -0.582. The van der Waals surface area contributed by atoms with Crippen molar-refractivity contribution in [3.05, 3.63) is 78.4 Å². The van der Waals surface area contributed by atoms with Gasteiger partial charge in [-0.15, -0.1) is 0 Å². The van der Waals surface area contributed by atoms with Crippen molar-refractivity contribution < 1.29 is 17.9 Å². The minimum atomic E-state index is -3.72. The van der Waals surface area contributed by atoms with Crippen LogP contribution in [0.5, 0.6) is 5.75 Å². The number of rotatable bonds is 10. The maximum Gasteiger partial charge on any atom is 0.246 e. The highest BCUT2D eigenvalue weighted by Crippen LogP contribution is 2.20. The van der Waals surface area contributed by atoms with Gasteiger partial charge in [-0.25, -0.2) is 8.42 Å². The SMILES string of the molecule is C=C/C(=C\C=C(/C)CN(Cc1ccc(OC)cc1)S(=O)(=O)c1cn[nH]c1)OC. The first kappa shape index (κ1) is 21.5. The number of allylic oxidation sites excluding steroid dienone is 3. The van der Waals surface area contributed by atoms with Crippen LogP contribution < -0.4 is 4.74 Å². The molecule has 2 aromatic rings. The molecule has 0 aliphatic heterocycles. The van der Waals surface area contributed by atoms with Gasteiger partial charge in [-0.3, -0.25) is 5.10 Å². The Hall–Kier alpha value is -2.84. The first-order valence-electron chi connectivity index (χ1n) is 8.56. The number of nitrogens with zero attached hydrogens (tertiary/aromatic N) is 2. The van der Waals surface area contributed by atoms with Crippen LogP contribution in [0.2, 0.25) is 0 Å². The van der Waals surface area contributed by atoms with E-state index in [4.69, 9.17) is 9.47 Å². The zero-order chi connectivity index (χ0) is 20.6. The van der Waals surface area contributed by atoms with Crippen molar-refractivity contribution in [2.45, 2.75) is 18.4 Å². The molecule has 0 atom stereocenters. The summed E-state index contributed by atoms with van der Waals surface area (Å²) in [5, 5.41) is 6.32. The van der Waals surface area contributed by atoms with Gasteiger partial charge in [0, 0.05) is 19.3 Å². The number of sulfonamides is 1. The Balaban J connectivity index is 2.31. The van der Waals surface area contributed by atoms with E-state index in [-0.39, 0.29) is 18.0 Å². The minimum Gasteiger partial charge on any atom is -0.497 e. The van der Waals surface area contributed by atoms with E-state index in [1.165, 1.54) is 16.7 Å². The molecule has 7 nitrogen and oxygen atoms in total. The average molecular weight is 404 g/mol. The van der Waals surface area contributed by atoms with E-state index in [0.717, 1.165) is 11.1 Å². The van der Waals surface area contributed by atoms with E-state index < -0.39 is 10.0 Å². The second kappa shape index (κ2) is 9.91. The highest BCUT2D eigenvalue weighted by Gasteiger charge is 2.25. The number of hydrogen-bond donors (Lipinski definition) is 1. The summed E-state index contributed by atoms with van der Waals surface area (Å²) in [5.41, 5.74) is 1.69. The summed E-state index contributed by atoms with van der Waals surface area (Å²) >= 11 is 0. The minimum absolute atomic E-state index is 0.119. The molecule has 0 saturated carbocycles. The molecule has 0 saturated heterocycles. The van der Waals surface area contributed by atoms with Gasteiger partial charge in [-0.1, -0.05) is 30.4 Å². The fraction of sp³-hybridized carbons (Fsp3) is 0.250. The van der Waals surface area contributed by atoms with Crippen LogP contribution in [0.25, 0.3) is 0 Å². The fourth-order valence-corrected chi connectivity index (χ4v) is 3.84. The summed E-state index contributed by atoms with van der Waals surface area (Å²) in [4.78, 5) is 0.119. The van der Waals surface area contributed by atoms with E-state index in [2.05, 4.69) is 16.8 Å². The lowest BCUT2D eigenvalue weighted by Crippen LogP contribution is -2.32. The van der Waals surface area contributed by atoms with Crippen LogP contribution in [0.15, 0.2) is 77.7 Å². The molecule has 0 unspecified atom stereocenters. The number of benzene rings is 1. The van der Waals surface area contributed by atoms with Crippen molar-refractivity contribution in [2.24, 2.45) is 0 Å². The zero-order valence-electron chi connectivity index (χ0n) is 16.3. The van der Waals surface area contributed by atoms with Crippen molar-refractivity contribution >= 4 is 10.0 Å². The predicted octanol–water partition coefficient (Wildman–Crippen LogP) is 3.27. The summed E-state index contributed by atoms with van der Waals surface area (Å²) in [6.45, 7) is 5.95. The fourth-order valence-electron chi connectivity index (χ4n) is 2.46. The maximum atomic E-state index is 13.1. The van der Waals surface area contributed by atoms with Crippen molar-refractivity contribution in [3.63, 3.8) is 0 Å². The first-order valence-corrected chi connectivity index (χ1v) is 10.0. The Morgan fingerprint density at radius 1 is 1.25 bits per heavy atom. The van der Waals surface area contributed by atoms with E-state index in [9.17, 15) is 8.42 Å². The molecular weight excluding hydrogens is 378 g/mol. The van der Waals surface area contributed by atoms with E-state index >= 15 is 0 Å². The van der Waals surface area contributed by atoms with Gasteiger partial charge in [-0.2, -0.15) is 9.40 Å².